The molecule has 1 aliphatic rings. The number of hydrogen-bond donors (Lipinski definition) is 1. The van der Waals surface area contributed by atoms with Crippen LogP contribution in [0.5, 0.6) is 5.75 Å². The van der Waals surface area contributed by atoms with Crippen molar-refractivity contribution < 1.29 is 4.74 Å². The minimum absolute atomic E-state index is 0.374. The molecule has 1 fully saturated rings. The SMILES string of the molecule is Cc1ccc(Nc2ccnc3cc4c(OC5CCCC5)csc4cc23)cc1C. The van der Waals surface area contributed by atoms with Crippen molar-refractivity contribution in [1.82, 2.24) is 4.98 Å². The summed E-state index contributed by atoms with van der Waals surface area (Å²) in [5, 5.41) is 8.05. The van der Waals surface area contributed by atoms with E-state index in [1.54, 1.807) is 11.3 Å². The van der Waals surface area contributed by atoms with Gasteiger partial charge in [0.1, 0.15) is 5.75 Å². The molecule has 142 valence electrons. The summed E-state index contributed by atoms with van der Waals surface area (Å²) in [4.78, 5) is 4.63. The van der Waals surface area contributed by atoms with E-state index in [0.717, 1.165) is 28.0 Å². The molecule has 3 nitrogen and oxygen atoms in total. The summed E-state index contributed by atoms with van der Waals surface area (Å²) < 4.78 is 7.54. The highest BCUT2D eigenvalue weighted by Crippen LogP contribution is 2.39. The number of fused-ring (bicyclic) bond motifs is 2. The maximum absolute atomic E-state index is 6.29. The van der Waals surface area contributed by atoms with E-state index in [9.17, 15) is 0 Å². The second-order valence-corrected chi connectivity index (χ2v) is 8.68. The van der Waals surface area contributed by atoms with Crippen LogP contribution in [-0.4, -0.2) is 11.1 Å². The molecule has 0 spiro atoms. The van der Waals surface area contributed by atoms with Crippen molar-refractivity contribution in [2.24, 2.45) is 0 Å². The van der Waals surface area contributed by atoms with E-state index in [0.29, 0.717) is 6.10 Å². The highest BCUT2D eigenvalue weighted by molar-refractivity contribution is 7.17. The Morgan fingerprint density at radius 3 is 2.68 bits per heavy atom. The lowest BCUT2D eigenvalue weighted by molar-refractivity contribution is 0.213. The van der Waals surface area contributed by atoms with Crippen LogP contribution in [0.4, 0.5) is 11.4 Å². The molecule has 4 aromatic rings. The van der Waals surface area contributed by atoms with Gasteiger partial charge in [-0.25, -0.2) is 0 Å². The van der Waals surface area contributed by atoms with Gasteiger partial charge in [0.05, 0.1) is 11.6 Å². The number of nitrogens with zero attached hydrogens (tertiary/aromatic N) is 1. The van der Waals surface area contributed by atoms with E-state index in [4.69, 9.17) is 4.74 Å². The molecular weight excluding hydrogens is 364 g/mol. The molecule has 1 saturated carbocycles. The molecule has 0 atom stereocenters. The van der Waals surface area contributed by atoms with Crippen LogP contribution in [0.15, 0.2) is 48.0 Å². The lowest BCUT2D eigenvalue weighted by Crippen LogP contribution is -2.10. The first-order valence-corrected chi connectivity index (χ1v) is 10.9. The molecule has 1 N–H and O–H groups in total. The molecule has 1 aliphatic carbocycles. The second-order valence-electron chi connectivity index (χ2n) is 7.77. The fraction of sp³-hybridized carbons (Fsp3) is 0.292. The summed E-state index contributed by atoms with van der Waals surface area (Å²) in [5.74, 6) is 1.02. The maximum atomic E-state index is 6.29. The van der Waals surface area contributed by atoms with Crippen LogP contribution < -0.4 is 10.1 Å². The lowest BCUT2D eigenvalue weighted by atomic mass is 10.1. The average Bonchev–Trinajstić information content (AvgIpc) is 3.34. The monoisotopic (exact) mass is 388 g/mol. The highest BCUT2D eigenvalue weighted by atomic mass is 32.1. The van der Waals surface area contributed by atoms with Crippen molar-refractivity contribution >= 4 is 43.7 Å². The molecule has 2 heterocycles. The van der Waals surface area contributed by atoms with Gasteiger partial charge in [0, 0.05) is 38.4 Å². The van der Waals surface area contributed by atoms with Gasteiger partial charge in [-0.05, 0) is 81.0 Å². The third-order valence-corrected chi connectivity index (χ3v) is 6.71. The number of anilines is 2. The molecule has 5 rings (SSSR count). The number of benzene rings is 2. The first-order valence-electron chi connectivity index (χ1n) is 9.98. The van der Waals surface area contributed by atoms with E-state index in [1.165, 1.54) is 46.9 Å². The Balaban J connectivity index is 1.53. The van der Waals surface area contributed by atoms with Crippen molar-refractivity contribution in [2.45, 2.75) is 45.6 Å². The molecule has 0 amide bonds. The molecule has 0 unspecified atom stereocenters. The number of thiophene rings is 1. The highest BCUT2D eigenvalue weighted by Gasteiger charge is 2.18. The Hall–Kier alpha value is -2.59. The predicted molar refractivity (Wildman–Crippen MR) is 119 cm³/mol. The number of ether oxygens (including phenoxy) is 1. The molecule has 28 heavy (non-hydrogen) atoms. The minimum atomic E-state index is 0.374. The van der Waals surface area contributed by atoms with E-state index in [1.807, 2.05) is 12.3 Å². The minimum Gasteiger partial charge on any atom is -0.489 e. The Bertz CT molecular complexity index is 1160. The van der Waals surface area contributed by atoms with Crippen LogP contribution in [0, 0.1) is 13.8 Å². The normalized spacial score (nSPS) is 14.8. The Labute approximate surface area is 169 Å². The predicted octanol–water partition coefficient (Wildman–Crippen LogP) is 7.13. The molecule has 4 heteroatoms. The number of aryl methyl sites for hydroxylation is 2. The Morgan fingerprint density at radius 2 is 1.86 bits per heavy atom. The van der Waals surface area contributed by atoms with Crippen molar-refractivity contribution in [3.05, 3.63) is 59.1 Å². The number of hydrogen-bond acceptors (Lipinski definition) is 4. The van der Waals surface area contributed by atoms with Gasteiger partial charge in [-0.2, -0.15) is 0 Å². The zero-order valence-corrected chi connectivity index (χ0v) is 17.1. The summed E-state index contributed by atoms with van der Waals surface area (Å²) in [6.45, 7) is 4.28. The van der Waals surface area contributed by atoms with Gasteiger partial charge in [-0.1, -0.05) is 6.07 Å². The van der Waals surface area contributed by atoms with Crippen LogP contribution in [0.2, 0.25) is 0 Å². The van der Waals surface area contributed by atoms with E-state index < -0.39 is 0 Å². The number of pyridine rings is 1. The molecule has 0 radical (unpaired) electrons. The molecule has 0 saturated heterocycles. The average molecular weight is 389 g/mol. The summed E-state index contributed by atoms with van der Waals surface area (Å²) in [7, 11) is 0. The molecular formula is C24H24N2OS. The summed E-state index contributed by atoms with van der Waals surface area (Å²) in [5.41, 5.74) is 5.78. The topological polar surface area (TPSA) is 34.2 Å². The summed E-state index contributed by atoms with van der Waals surface area (Å²) in [6, 6.07) is 13.0. The summed E-state index contributed by atoms with van der Waals surface area (Å²) in [6.07, 6.45) is 7.16. The van der Waals surface area contributed by atoms with Crippen LogP contribution in [0.25, 0.3) is 21.0 Å². The standard InChI is InChI=1S/C24H24N2OS/c1-15-7-8-17(11-16(15)2)26-21-9-10-25-22-12-20-23(27-18-5-3-4-6-18)14-28-24(20)13-19(21)22/h7-14,18H,3-6H2,1-2H3,(H,25,26). The van der Waals surface area contributed by atoms with Crippen LogP contribution >= 0.6 is 11.3 Å². The van der Waals surface area contributed by atoms with Crippen LogP contribution in [0.3, 0.4) is 0 Å². The third-order valence-electron chi connectivity index (χ3n) is 5.78. The quantitative estimate of drug-likeness (QED) is 0.404. The maximum Gasteiger partial charge on any atom is 0.138 e. The van der Waals surface area contributed by atoms with Gasteiger partial charge in [0.25, 0.3) is 0 Å². The van der Waals surface area contributed by atoms with Gasteiger partial charge in [-0.3, -0.25) is 4.98 Å². The molecule has 0 bridgehead atoms. The first kappa shape index (κ1) is 17.5. The molecule has 0 aliphatic heterocycles. The van der Waals surface area contributed by atoms with E-state index in [-0.39, 0.29) is 0 Å². The van der Waals surface area contributed by atoms with Gasteiger partial charge in [0.15, 0.2) is 0 Å². The molecule has 2 aromatic heterocycles. The largest absolute Gasteiger partial charge is 0.489 e. The smallest absolute Gasteiger partial charge is 0.138 e. The lowest BCUT2D eigenvalue weighted by Gasteiger charge is -2.13. The van der Waals surface area contributed by atoms with E-state index >= 15 is 0 Å². The van der Waals surface area contributed by atoms with Gasteiger partial charge in [0.2, 0.25) is 0 Å². The fourth-order valence-corrected chi connectivity index (χ4v) is 4.89. The second kappa shape index (κ2) is 7.10. The van der Waals surface area contributed by atoms with Crippen molar-refractivity contribution in [3.8, 4) is 5.75 Å². The van der Waals surface area contributed by atoms with Gasteiger partial charge in [-0.15, -0.1) is 11.3 Å². The Kier molecular flexibility index (Phi) is 4.44. The molecule has 2 aromatic carbocycles. The summed E-state index contributed by atoms with van der Waals surface area (Å²) >= 11 is 1.75. The van der Waals surface area contributed by atoms with Crippen LogP contribution in [0.1, 0.15) is 36.8 Å². The number of rotatable bonds is 4. The first-order chi connectivity index (χ1) is 13.7. The zero-order valence-electron chi connectivity index (χ0n) is 16.3. The Morgan fingerprint density at radius 1 is 1.00 bits per heavy atom. The number of aromatic nitrogens is 1. The van der Waals surface area contributed by atoms with Crippen LogP contribution in [-0.2, 0) is 0 Å². The fourth-order valence-electron chi connectivity index (χ4n) is 4.00. The van der Waals surface area contributed by atoms with Gasteiger partial charge >= 0.3 is 0 Å². The third kappa shape index (κ3) is 3.22. The van der Waals surface area contributed by atoms with Crippen molar-refractivity contribution in [3.63, 3.8) is 0 Å². The number of nitrogens with one attached hydrogen (secondary N) is 1. The van der Waals surface area contributed by atoms with Gasteiger partial charge < -0.3 is 10.1 Å². The van der Waals surface area contributed by atoms with E-state index in [2.05, 4.69) is 59.9 Å². The van der Waals surface area contributed by atoms with Crippen molar-refractivity contribution in [2.75, 3.05) is 5.32 Å². The van der Waals surface area contributed by atoms with Crippen molar-refractivity contribution in [1.29, 1.82) is 0 Å². The zero-order chi connectivity index (χ0) is 19.1.